The molecule has 1 aromatic rings. The Bertz CT molecular complexity index is 651. The third-order valence-corrected chi connectivity index (χ3v) is 5.36. The Kier molecular flexibility index (Phi) is 4.12. The van der Waals surface area contributed by atoms with Crippen molar-refractivity contribution in [2.24, 2.45) is 11.3 Å². The number of hydrogen-bond acceptors (Lipinski definition) is 3. The largest absolute Gasteiger partial charge is 0.496 e. The fraction of sp³-hybridized carbons (Fsp3) is 0.529. The minimum absolute atomic E-state index is 0.0953. The first-order valence-electron chi connectivity index (χ1n) is 7.75. The minimum Gasteiger partial charge on any atom is -0.496 e. The molecule has 5 nitrogen and oxygen atoms in total. The summed E-state index contributed by atoms with van der Waals surface area (Å²) in [7, 11) is 1.58. The zero-order valence-electron chi connectivity index (χ0n) is 13.5. The van der Waals surface area contributed by atoms with Gasteiger partial charge >= 0.3 is 0 Å². The molecule has 2 N–H and O–H groups in total. The first-order chi connectivity index (χ1) is 10.8. The molecular formula is C17H21BrN2O3. The van der Waals surface area contributed by atoms with E-state index in [9.17, 15) is 9.59 Å². The summed E-state index contributed by atoms with van der Waals surface area (Å²) in [5.74, 6) is 0.668. The van der Waals surface area contributed by atoms with Gasteiger partial charge in [0.15, 0.2) is 0 Å². The second-order valence-corrected chi connectivity index (χ2v) is 8.01. The first kappa shape index (κ1) is 16.3. The van der Waals surface area contributed by atoms with Gasteiger partial charge in [-0.1, -0.05) is 19.9 Å². The predicted octanol–water partition coefficient (Wildman–Crippen LogP) is 2.55. The van der Waals surface area contributed by atoms with Crippen molar-refractivity contribution in [1.29, 1.82) is 0 Å². The maximum Gasteiger partial charge on any atom is 0.247 e. The third kappa shape index (κ3) is 3.09. The zero-order valence-corrected chi connectivity index (χ0v) is 15.1. The smallest absolute Gasteiger partial charge is 0.247 e. The number of carbonyl (C=O) groups excluding carboxylic acids is 2. The van der Waals surface area contributed by atoms with E-state index in [0.717, 1.165) is 22.9 Å². The van der Waals surface area contributed by atoms with Crippen molar-refractivity contribution in [2.45, 2.75) is 38.8 Å². The molecule has 0 spiro atoms. The van der Waals surface area contributed by atoms with E-state index in [4.69, 9.17) is 4.74 Å². The topological polar surface area (TPSA) is 67.4 Å². The van der Waals surface area contributed by atoms with Crippen LogP contribution < -0.4 is 15.4 Å². The number of ether oxygens (including phenoxy) is 1. The number of halogens is 1. The predicted molar refractivity (Wildman–Crippen MR) is 90.0 cm³/mol. The molecule has 1 saturated heterocycles. The van der Waals surface area contributed by atoms with Gasteiger partial charge in [-0.05, 0) is 57.8 Å². The van der Waals surface area contributed by atoms with E-state index in [0.29, 0.717) is 5.75 Å². The van der Waals surface area contributed by atoms with Gasteiger partial charge in [0.2, 0.25) is 11.8 Å². The number of hydrogen-bond donors (Lipinski definition) is 2. The van der Waals surface area contributed by atoms with E-state index in [1.807, 2.05) is 0 Å². The Hall–Kier alpha value is -1.56. The summed E-state index contributed by atoms with van der Waals surface area (Å²) in [4.78, 5) is 24.9. The molecule has 2 atom stereocenters. The summed E-state index contributed by atoms with van der Waals surface area (Å²) in [6, 6.07) is 4.30. The lowest BCUT2D eigenvalue weighted by molar-refractivity contribution is -0.140. The number of methoxy groups -OCH3 is 1. The van der Waals surface area contributed by atoms with Crippen LogP contribution in [-0.2, 0) is 9.59 Å². The summed E-state index contributed by atoms with van der Waals surface area (Å²) in [5, 5.41) is 5.77. The normalized spacial score (nSPS) is 27.0. The van der Waals surface area contributed by atoms with Gasteiger partial charge in [0, 0.05) is 0 Å². The second kappa shape index (κ2) is 5.82. The SMILES string of the molecule is COc1ccc(C2NC(=O)C(C3CC(C)(C)C3)NC2=O)cc1Br. The molecule has 0 radical (unpaired) electrons. The number of piperazine rings is 1. The molecule has 0 aromatic heterocycles. The molecule has 1 aromatic carbocycles. The molecule has 1 saturated carbocycles. The third-order valence-electron chi connectivity index (χ3n) is 4.74. The lowest BCUT2D eigenvalue weighted by Crippen LogP contribution is -2.62. The number of carbonyl (C=O) groups is 2. The Labute approximate surface area is 144 Å². The van der Waals surface area contributed by atoms with E-state index in [1.165, 1.54) is 0 Å². The van der Waals surface area contributed by atoms with Crippen molar-refractivity contribution < 1.29 is 14.3 Å². The van der Waals surface area contributed by atoms with Crippen molar-refractivity contribution in [3.8, 4) is 5.75 Å². The Balaban J connectivity index is 1.74. The van der Waals surface area contributed by atoms with E-state index >= 15 is 0 Å². The van der Waals surface area contributed by atoms with E-state index in [-0.39, 0.29) is 23.1 Å². The molecule has 1 aliphatic heterocycles. The van der Waals surface area contributed by atoms with Crippen LogP contribution in [0.2, 0.25) is 0 Å². The van der Waals surface area contributed by atoms with Crippen molar-refractivity contribution in [3.05, 3.63) is 28.2 Å². The van der Waals surface area contributed by atoms with Gasteiger partial charge in [-0.3, -0.25) is 9.59 Å². The molecule has 1 aliphatic carbocycles. The number of amides is 2. The summed E-state index contributed by atoms with van der Waals surface area (Å²) >= 11 is 3.41. The number of rotatable bonds is 3. The van der Waals surface area contributed by atoms with Crippen LogP contribution >= 0.6 is 15.9 Å². The summed E-state index contributed by atoms with van der Waals surface area (Å²) in [6.45, 7) is 4.37. The average molecular weight is 381 g/mol. The molecule has 2 aliphatic rings. The zero-order chi connectivity index (χ0) is 16.8. The standard InChI is InChI=1S/C17H21BrN2O3/c1-17(2)7-10(8-17)14-16(22)19-13(15(21)20-14)9-4-5-12(23-3)11(18)6-9/h4-6,10,13-14H,7-8H2,1-3H3,(H,19,22)(H,20,21). The highest BCUT2D eigenvalue weighted by Gasteiger charge is 2.46. The molecule has 1 heterocycles. The lowest BCUT2D eigenvalue weighted by atomic mass is 9.61. The van der Waals surface area contributed by atoms with E-state index in [1.54, 1.807) is 25.3 Å². The fourth-order valence-corrected chi connectivity index (χ4v) is 4.18. The Morgan fingerprint density at radius 2 is 1.87 bits per heavy atom. The van der Waals surface area contributed by atoms with Gasteiger partial charge in [0.05, 0.1) is 11.6 Å². The Morgan fingerprint density at radius 3 is 2.43 bits per heavy atom. The maximum absolute atomic E-state index is 12.4. The highest BCUT2D eigenvalue weighted by molar-refractivity contribution is 9.10. The van der Waals surface area contributed by atoms with Crippen molar-refractivity contribution >= 4 is 27.7 Å². The number of nitrogens with one attached hydrogen (secondary N) is 2. The molecule has 0 bridgehead atoms. The second-order valence-electron chi connectivity index (χ2n) is 7.15. The van der Waals surface area contributed by atoms with Crippen LogP contribution in [0.1, 0.15) is 38.3 Å². The minimum atomic E-state index is -0.658. The van der Waals surface area contributed by atoms with Crippen LogP contribution in [0.5, 0.6) is 5.75 Å². The van der Waals surface area contributed by atoms with Crippen LogP contribution in [0.3, 0.4) is 0 Å². The molecule has 3 rings (SSSR count). The van der Waals surface area contributed by atoms with Gasteiger partial charge in [-0.2, -0.15) is 0 Å². The van der Waals surface area contributed by atoms with Gasteiger partial charge in [0.1, 0.15) is 17.8 Å². The maximum atomic E-state index is 12.4. The fourth-order valence-electron chi connectivity index (χ4n) is 3.62. The summed E-state index contributed by atoms with van der Waals surface area (Å²) in [5.41, 5.74) is 1.00. The monoisotopic (exact) mass is 380 g/mol. The number of benzene rings is 1. The molecule has 23 heavy (non-hydrogen) atoms. The summed E-state index contributed by atoms with van der Waals surface area (Å²) < 4.78 is 5.94. The van der Waals surface area contributed by atoms with E-state index < -0.39 is 12.1 Å². The highest BCUT2D eigenvalue weighted by Crippen LogP contribution is 2.46. The van der Waals surface area contributed by atoms with E-state index in [2.05, 4.69) is 40.4 Å². The summed E-state index contributed by atoms with van der Waals surface area (Å²) in [6.07, 6.45) is 1.92. The van der Waals surface area contributed by atoms with Crippen LogP contribution in [-0.4, -0.2) is 25.0 Å². The Morgan fingerprint density at radius 1 is 1.17 bits per heavy atom. The van der Waals surface area contributed by atoms with Gasteiger partial charge in [-0.25, -0.2) is 0 Å². The van der Waals surface area contributed by atoms with Crippen LogP contribution in [0.4, 0.5) is 0 Å². The highest BCUT2D eigenvalue weighted by atomic mass is 79.9. The lowest BCUT2D eigenvalue weighted by Gasteiger charge is -2.47. The molecule has 124 valence electrons. The average Bonchev–Trinajstić information content (AvgIpc) is 2.46. The quantitative estimate of drug-likeness (QED) is 0.846. The molecule has 6 heteroatoms. The van der Waals surface area contributed by atoms with Crippen molar-refractivity contribution in [1.82, 2.24) is 10.6 Å². The first-order valence-corrected chi connectivity index (χ1v) is 8.54. The van der Waals surface area contributed by atoms with Crippen LogP contribution in [0.25, 0.3) is 0 Å². The van der Waals surface area contributed by atoms with Crippen LogP contribution in [0, 0.1) is 11.3 Å². The molecule has 2 unspecified atom stereocenters. The van der Waals surface area contributed by atoms with Gasteiger partial charge in [0.25, 0.3) is 0 Å². The molecular weight excluding hydrogens is 360 g/mol. The molecule has 2 amide bonds. The van der Waals surface area contributed by atoms with Crippen LogP contribution in [0.15, 0.2) is 22.7 Å². The van der Waals surface area contributed by atoms with Gasteiger partial charge < -0.3 is 15.4 Å². The van der Waals surface area contributed by atoms with Gasteiger partial charge in [-0.15, -0.1) is 0 Å². The molecule has 2 fully saturated rings. The van der Waals surface area contributed by atoms with Crippen molar-refractivity contribution in [2.75, 3.05) is 7.11 Å². The van der Waals surface area contributed by atoms with Crippen molar-refractivity contribution in [3.63, 3.8) is 0 Å².